The van der Waals surface area contributed by atoms with Gasteiger partial charge in [0, 0.05) is 17.5 Å². The van der Waals surface area contributed by atoms with E-state index < -0.39 is 10.0 Å². The minimum absolute atomic E-state index is 0.116. The molecule has 3 nitrogen and oxygen atoms in total. The summed E-state index contributed by atoms with van der Waals surface area (Å²) in [5, 5.41) is 0.673. The molecule has 0 amide bonds. The molecule has 1 aliphatic rings. The number of hydrogen-bond acceptors (Lipinski definition) is 2. The summed E-state index contributed by atoms with van der Waals surface area (Å²) < 4.78 is 27.1. The molecule has 0 N–H and O–H groups in total. The van der Waals surface area contributed by atoms with Crippen LogP contribution in [0.2, 0.25) is 5.02 Å². The second-order valence-electron chi connectivity index (χ2n) is 5.77. The highest BCUT2D eigenvalue weighted by molar-refractivity contribution is 7.89. The average Bonchev–Trinajstić information content (AvgIpc) is 2.49. The van der Waals surface area contributed by atoms with Gasteiger partial charge in [-0.2, -0.15) is 4.31 Å². The molecule has 2 aromatic carbocycles. The molecule has 0 aromatic heterocycles. The Hall–Kier alpha value is -1.62. The summed E-state index contributed by atoms with van der Waals surface area (Å²) in [5.41, 5.74) is 2.11. The van der Waals surface area contributed by atoms with E-state index in [9.17, 15) is 8.42 Å². The first-order chi connectivity index (χ1) is 10.9. The van der Waals surface area contributed by atoms with E-state index in [0.29, 0.717) is 16.5 Å². The van der Waals surface area contributed by atoms with Gasteiger partial charge in [0.05, 0.1) is 10.9 Å². The van der Waals surface area contributed by atoms with Crippen LogP contribution in [-0.2, 0) is 10.0 Å². The molecule has 0 spiro atoms. The number of halogens is 1. The summed E-state index contributed by atoms with van der Waals surface area (Å²) in [6.45, 7) is 6.20. The van der Waals surface area contributed by atoms with Crippen LogP contribution in [0.1, 0.15) is 17.0 Å². The molecule has 0 saturated carbocycles. The molecule has 3 rings (SSSR count). The van der Waals surface area contributed by atoms with Crippen molar-refractivity contribution in [2.75, 3.05) is 6.54 Å². The van der Waals surface area contributed by atoms with E-state index in [2.05, 4.69) is 6.58 Å². The van der Waals surface area contributed by atoms with Gasteiger partial charge in [0.1, 0.15) is 0 Å². The highest BCUT2D eigenvalue weighted by Crippen LogP contribution is 2.39. The number of hydrogen-bond donors (Lipinski definition) is 0. The van der Waals surface area contributed by atoms with Crippen molar-refractivity contribution < 1.29 is 8.42 Å². The molecule has 2 aromatic rings. The van der Waals surface area contributed by atoms with Crippen molar-refractivity contribution in [3.63, 3.8) is 0 Å². The molecule has 1 heterocycles. The second-order valence-corrected chi connectivity index (χ2v) is 8.10. The predicted octanol–water partition coefficient (Wildman–Crippen LogP) is 3.99. The van der Waals surface area contributed by atoms with Gasteiger partial charge in [-0.3, -0.25) is 0 Å². The van der Waals surface area contributed by atoms with Crippen molar-refractivity contribution >= 4 is 21.6 Å². The lowest BCUT2D eigenvalue weighted by Gasteiger charge is -2.45. The molecule has 5 heteroatoms. The quantitative estimate of drug-likeness (QED) is 0.784. The van der Waals surface area contributed by atoms with Crippen molar-refractivity contribution in [1.82, 2.24) is 4.31 Å². The Morgan fingerprint density at radius 3 is 2.30 bits per heavy atom. The van der Waals surface area contributed by atoms with E-state index in [4.69, 9.17) is 11.6 Å². The van der Waals surface area contributed by atoms with Gasteiger partial charge >= 0.3 is 0 Å². The molecule has 1 saturated heterocycles. The van der Waals surface area contributed by atoms with Crippen molar-refractivity contribution in [3.05, 3.63) is 77.3 Å². The minimum Gasteiger partial charge on any atom is -0.207 e. The summed E-state index contributed by atoms with van der Waals surface area (Å²) >= 11 is 5.92. The molecule has 120 valence electrons. The first kappa shape index (κ1) is 16.2. The Labute approximate surface area is 142 Å². The summed E-state index contributed by atoms with van der Waals surface area (Å²) in [5.74, 6) is 0.116. The Morgan fingerprint density at radius 2 is 1.74 bits per heavy atom. The Balaban J connectivity index is 1.86. The zero-order valence-corrected chi connectivity index (χ0v) is 14.4. The Bertz CT molecular complexity index is 813. The van der Waals surface area contributed by atoms with E-state index in [1.54, 1.807) is 18.2 Å². The topological polar surface area (TPSA) is 37.4 Å². The molecule has 0 unspecified atom stereocenters. The molecular formula is C18H18ClNO2S. The lowest BCUT2D eigenvalue weighted by molar-refractivity contribution is 0.200. The van der Waals surface area contributed by atoms with Crippen molar-refractivity contribution in [2.24, 2.45) is 0 Å². The van der Waals surface area contributed by atoms with Crippen LogP contribution in [0, 0.1) is 6.92 Å². The Morgan fingerprint density at radius 1 is 1.13 bits per heavy atom. The van der Waals surface area contributed by atoms with Crippen LogP contribution >= 0.6 is 11.6 Å². The van der Waals surface area contributed by atoms with E-state index >= 15 is 0 Å². The van der Waals surface area contributed by atoms with Crippen LogP contribution < -0.4 is 0 Å². The van der Waals surface area contributed by atoms with Crippen LogP contribution in [0.4, 0.5) is 0 Å². The maximum Gasteiger partial charge on any atom is 0.243 e. The number of aryl methyl sites for hydroxylation is 1. The Kier molecular flexibility index (Phi) is 4.32. The molecule has 2 atom stereocenters. The number of benzene rings is 2. The number of rotatable bonds is 4. The van der Waals surface area contributed by atoms with Gasteiger partial charge < -0.3 is 0 Å². The molecule has 23 heavy (non-hydrogen) atoms. The number of sulfonamides is 1. The lowest BCUT2D eigenvalue weighted by atomic mass is 9.85. The zero-order chi connectivity index (χ0) is 16.6. The largest absolute Gasteiger partial charge is 0.243 e. The summed E-state index contributed by atoms with van der Waals surface area (Å²) in [7, 11) is -3.49. The second kappa shape index (κ2) is 6.11. The van der Waals surface area contributed by atoms with Crippen LogP contribution in [0.5, 0.6) is 0 Å². The van der Waals surface area contributed by atoms with E-state index in [1.807, 2.05) is 43.3 Å². The van der Waals surface area contributed by atoms with Crippen LogP contribution in [0.25, 0.3) is 0 Å². The highest BCUT2D eigenvalue weighted by Gasteiger charge is 2.45. The first-order valence-electron chi connectivity index (χ1n) is 7.40. The molecule has 0 bridgehead atoms. The zero-order valence-electron chi connectivity index (χ0n) is 12.8. The normalized spacial score (nSPS) is 21.7. The maximum absolute atomic E-state index is 12.8. The summed E-state index contributed by atoms with van der Waals surface area (Å²) in [6.07, 6.45) is 1.70. The summed E-state index contributed by atoms with van der Waals surface area (Å²) in [6, 6.07) is 14.2. The van der Waals surface area contributed by atoms with E-state index in [1.165, 1.54) is 4.31 Å². The van der Waals surface area contributed by atoms with E-state index in [0.717, 1.165) is 11.1 Å². The van der Waals surface area contributed by atoms with Gasteiger partial charge in [0.15, 0.2) is 0 Å². The van der Waals surface area contributed by atoms with Crippen LogP contribution in [-0.4, -0.2) is 25.3 Å². The standard InChI is InChI=1S/C18H18ClNO2S/c1-3-18-17(14-6-8-15(19)9-7-14)12-20(18)23(21,22)16-10-4-13(2)5-11-16/h3-11,17-18H,1,12H2,2H3/t17-,18+/m0/s1. The third-order valence-electron chi connectivity index (χ3n) is 4.29. The molecule has 0 radical (unpaired) electrons. The van der Waals surface area contributed by atoms with E-state index in [-0.39, 0.29) is 12.0 Å². The van der Waals surface area contributed by atoms with Crippen LogP contribution in [0.3, 0.4) is 0 Å². The third kappa shape index (κ3) is 2.94. The molecule has 0 aliphatic carbocycles. The summed E-state index contributed by atoms with van der Waals surface area (Å²) in [4.78, 5) is 0.324. The van der Waals surface area contributed by atoms with Crippen molar-refractivity contribution in [1.29, 1.82) is 0 Å². The molecular weight excluding hydrogens is 330 g/mol. The SMILES string of the molecule is C=C[C@@H]1[C@H](c2ccc(Cl)cc2)CN1S(=O)(=O)c1ccc(C)cc1. The number of nitrogens with zero attached hydrogens (tertiary/aromatic N) is 1. The van der Waals surface area contributed by atoms with Crippen LogP contribution in [0.15, 0.2) is 66.1 Å². The minimum atomic E-state index is -3.49. The van der Waals surface area contributed by atoms with Crippen molar-refractivity contribution in [2.45, 2.75) is 23.8 Å². The van der Waals surface area contributed by atoms with Gasteiger partial charge in [0.2, 0.25) is 10.0 Å². The molecule has 1 fully saturated rings. The molecule has 1 aliphatic heterocycles. The van der Waals surface area contributed by atoms with Crippen molar-refractivity contribution in [3.8, 4) is 0 Å². The maximum atomic E-state index is 12.8. The predicted molar refractivity (Wildman–Crippen MR) is 93.2 cm³/mol. The van der Waals surface area contributed by atoms with Gasteiger partial charge in [-0.1, -0.05) is 47.5 Å². The van der Waals surface area contributed by atoms with Gasteiger partial charge in [-0.05, 0) is 36.8 Å². The lowest BCUT2D eigenvalue weighted by Crippen LogP contribution is -2.55. The van der Waals surface area contributed by atoms with Gasteiger partial charge in [-0.15, -0.1) is 6.58 Å². The smallest absolute Gasteiger partial charge is 0.207 e. The monoisotopic (exact) mass is 347 g/mol. The van der Waals surface area contributed by atoms with Gasteiger partial charge in [-0.25, -0.2) is 8.42 Å². The first-order valence-corrected chi connectivity index (χ1v) is 9.22. The fraction of sp³-hybridized carbons (Fsp3) is 0.222. The third-order valence-corrected chi connectivity index (χ3v) is 6.42. The highest BCUT2D eigenvalue weighted by atomic mass is 35.5. The fourth-order valence-corrected chi connectivity index (χ4v) is 4.67. The average molecular weight is 348 g/mol. The fourth-order valence-electron chi connectivity index (χ4n) is 2.88. The van der Waals surface area contributed by atoms with Gasteiger partial charge in [0.25, 0.3) is 0 Å².